The fourth-order valence-corrected chi connectivity index (χ4v) is 3.16. The first kappa shape index (κ1) is 17.0. The molecule has 0 aromatic carbocycles. The van der Waals surface area contributed by atoms with Crippen molar-refractivity contribution in [1.29, 1.82) is 0 Å². The van der Waals surface area contributed by atoms with Crippen LogP contribution < -0.4 is 10.9 Å². The highest BCUT2D eigenvalue weighted by atomic mass is 16.1. The second-order valence-corrected chi connectivity index (χ2v) is 6.82. The number of fused-ring (bicyclic) bond motifs is 2. The van der Waals surface area contributed by atoms with Crippen LogP contribution in [0.2, 0.25) is 0 Å². The predicted octanol–water partition coefficient (Wildman–Crippen LogP) is 1.92. The average Bonchev–Trinajstić information content (AvgIpc) is 3.28. The molecular weight excluding hydrogens is 370 g/mol. The number of nitrogens with one attached hydrogen (secondary N) is 1. The standard InChI is InChI=1S/C19H17N9O/c1-11-6-16-21-10-22-27(16)9-15(11)23-19-20-8-14-12(2)25-28(18(14)24-19)13-4-5-26(3)17(29)7-13/h4-10H,1-3H3,(H,20,23,24). The molecule has 144 valence electrons. The minimum absolute atomic E-state index is 0.118. The van der Waals surface area contributed by atoms with E-state index >= 15 is 0 Å². The Morgan fingerprint density at radius 1 is 1.14 bits per heavy atom. The van der Waals surface area contributed by atoms with Gasteiger partial charge in [-0.1, -0.05) is 0 Å². The van der Waals surface area contributed by atoms with E-state index in [0.717, 1.165) is 28.0 Å². The lowest BCUT2D eigenvalue weighted by molar-refractivity contribution is 0.827. The van der Waals surface area contributed by atoms with E-state index in [1.807, 2.05) is 32.2 Å². The topological polar surface area (TPSA) is 108 Å². The summed E-state index contributed by atoms with van der Waals surface area (Å²) in [6.07, 6.45) is 6.78. The number of hydrogen-bond acceptors (Lipinski definition) is 7. The van der Waals surface area contributed by atoms with Gasteiger partial charge >= 0.3 is 0 Å². The Labute approximate surface area is 164 Å². The van der Waals surface area contributed by atoms with Crippen LogP contribution in [0.15, 0.2) is 47.9 Å². The summed E-state index contributed by atoms with van der Waals surface area (Å²) >= 11 is 0. The van der Waals surface area contributed by atoms with E-state index in [9.17, 15) is 4.79 Å². The highest BCUT2D eigenvalue weighted by Gasteiger charge is 2.14. The van der Waals surface area contributed by atoms with Crippen LogP contribution in [0, 0.1) is 13.8 Å². The highest BCUT2D eigenvalue weighted by molar-refractivity contribution is 5.80. The van der Waals surface area contributed by atoms with Gasteiger partial charge in [-0.3, -0.25) is 4.79 Å². The normalized spacial score (nSPS) is 11.4. The van der Waals surface area contributed by atoms with Crippen LogP contribution in [0.5, 0.6) is 0 Å². The third-order valence-electron chi connectivity index (χ3n) is 4.81. The van der Waals surface area contributed by atoms with Crippen molar-refractivity contribution in [3.8, 4) is 5.69 Å². The molecule has 0 saturated heterocycles. The number of aromatic nitrogens is 8. The lowest BCUT2D eigenvalue weighted by Crippen LogP contribution is -2.16. The van der Waals surface area contributed by atoms with Gasteiger partial charge in [0.05, 0.1) is 28.7 Å². The Bertz CT molecular complexity index is 1440. The van der Waals surface area contributed by atoms with Gasteiger partial charge in [-0.05, 0) is 31.5 Å². The van der Waals surface area contributed by atoms with E-state index in [1.54, 1.807) is 28.6 Å². The molecule has 5 heterocycles. The molecule has 10 heteroatoms. The first-order chi connectivity index (χ1) is 14.0. The Hall–Kier alpha value is -4.08. The van der Waals surface area contributed by atoms with Gasteiger partial charge in [0.1, 0.15) is 6.33 Å². The van der Waals surface area contributed by atoms with Crippen LogP contribution >= 0.6 is 0 Å². The minimum Gasteiger partial charge on any atom is -0.323 e. The van der Waals surface area contributed by atoms with Crippen molar-refractivity contribution < 1.29 is 0 Å². The monoisotopic (exact) mass is 387 g/mol. The zero-order chi connectivity index (χ0) is 20.1. The predicted molar refractivity (Wildman–Crippen MR) is 108 cm³/mol. The number of aryl methyl sites for hydroxylation is 3. The van der Waals surface area contributed by atoms with Crippen LogP contribution in [-0.2, 0) is 7.05 Å². The number of hydrogen-bond donors (Lipinski definition) is 1. The zero-order valence-electron chi connectivity index (χ0n) is 16.0. The van der Waals surface area contributed by atoms with Crippen LogP contribution in [0.1, 0.15) is 11.3 Å². The number of rotatable bonds is 3. The fraction of sp³-hybridized carbons (Fsp3) is 0.158. The molecule has 0 spiro atoms. The van der Waals surface area contributed by atoms with Crippen molar-refractivity contribution >= 4 is 28.3 Å². The Kier molecular flexibility index (Phi) is 3.66. The Balaban J connectivity index is 1.61. The molecule has 0 fully saturated rings. The quantitative estimate of drug-likeness (QED) is 0.504. The largest absolute Gasteiger partial charge is 0.323 e. The van der Waals surface area contributed by atoms with E-state index < -0.39 is 0 Å². The number of pyridine rings is 2. The van der Waals surface area contributed by atoms with Gasteiger partial charge in [-0.25, -0.2) is 19.2 Å². The van der Waals surface area contributed by atoms with E-state index in [-0.39, 0.29) is 5.56 Å². The van der Waals surface area contributed by atoms with Crippen molar-refractivity contribution in [2.24, 2.45) is 7.05 Å². The maximum atomic E-state index is 12.0. The second kappa shape index (κ2) is 6.23. The van der Waals surface area contributed by atoms with Gasteiger partial charge in [-0.2, -0.15) is 15.2 Å². The summed E-state index contributed by atoms with van der Waals surface area (Å²) in [5, 5.41) is 12.8. The van der Waals surface area contributed by atoms with Crippen molar-refractivity contribution in [1.82, 2.24) is 38.9 Å². The third kappa shape index (κ3) is 2.81. The Morgan fingerprint density at radius 3 is 2.83 bits per heavy atom. The minimum atomic E-state index is -0.118. The smallest absolute Gasteiger partial charge is 0.252 e. The molecule has 5 aromatic rings. The van der Waals surface area contributed by atoms with Crippen LogP contribution in [0.3, 0.4) is 0 Å². The zero-order valence-corrected chi connectivity index (χ0v) is 16.0. The van der Waals surface area contributed by atoms with E-state index in [4.69, 9.17) is 0 Å². The van der Waals surface area contributed by atoms with E-state index in [0.29, 0.717) is 17.3 Å². The van der Waals surface area contributed by atoms with Crippen LogP contribution in [-0.4, -0.2) is 38.9 Å². The SMILES string of the molecule is Cc1cc2ncnn2cc1Nc1ncc2c(C)nn(-c3ccn(C)c(=O)c3)c2n1. The highest BCUT2D eigenvalue weighted by Crippen LogP contribution is 2.23. The molecule has 0 aliphatic heterocycles. The molecule has 29 heavy (non-hydrogen) atoms. The molecular formula is C19H17N9O. The van der Waals surface area contributed by atoms with Gasteiger partial charge in [0, 0.05) is 25.5 Å². The molecule has 0 saturated carbocycles. The van der Waals surface area contributed by atoms with Gasteiger partial charge in [0.2, 0.25) is 5.95 Å². The first-order valence-electron chi connectivity index (χ1n) is 8.96. The summed E-state index contributed by atoms with van der Waals surface area (Å²) < 4.78 is 4.85. The fourth-order valence-electron chi connectivity index (χ4n) is 3.16. The Morgan fingerprint density at radius 2 is 2.00 bits per heavy atom. The van der Waals surface area contributed by atoms with E-state index in [1.165, 1.54) is 17.0 Å². The molecule has 5 rings (SSSR count). The maximum Gasteiger partial charge on any atom is 0.252 e. The second-order valence-electron chi connectivity index (χ2n) is 6.82. The lowest BCUT2D eigenvalue weighted by Gasteiger charge is -2.09. The van der Waals surface area contributed by atoms with Crippen molar-refractivity contribution in [3.05, 3.63) is 64.7 Å². The van der Waals surface area contributed by atoms with Gasteiger partial charge in [0.25, 0.3) is 5.56 Å². The molecule has 0 atom stereocenters. The van der Waals surface area contributed by atoms with Crippen LogP contribution in [0.4, 0.5) is 11.6 Å². The molecule has 10 nitrogen and oxygen atoms in total. The molecule has 0 radical (unpaired) electrons. The summed E-state index contributed by atoms with van der Waals surface area (Å²) in [7, 11) is 1.71. The molecule has 0 amide bonds. The summed E-state index contributed by atoms with van der Waals surface area (Å²) in [5.41, 5.74) is 4.51. The van der Waals surface area contributed by atoms with Gasteiger partial charge < -0.3 is 9.88 Å². The van der Waals surface area contributed by atoms with Crippen molar-refractivity contribution in [2.75, 3.05) is 5.32 Å². The number of anilines is 2. The van der Waals surface area contributed by atoms with Crippen molar-refractivity contribution in [3.63, 3.8) is 0 Å². The van der Waals surface area contributed by atoms with E-state index in [2.05, 4.69) is 30.5 Å². The van der Waals surface area contributed by atoms with Crippen LogP contribution in [0.25, 0.3) is 22.4 Å². The molecule has 0 bridgehead atoms. The molecule has 0 aliphatic carbocycles. The summed E-state index contributed by atoms with van der Waals surface area (Å²) in [4.78, 5) is 25.3. The van der Waals surface area contributed by atoms with Gasteiger partial charge in [0.15, 0.2) is 11.3 Å². The summed E-state index contributed by atoms with van der Waals surface area (Å²) in [5.74, 6) is 0.421. The third-order valence-corrected chi connectivity index (χ3v) is 4.81. The first-order valence-corrected chi connectivity index (χ1v) is 8.96. The number of nitrogens with zero attached hydrogens (tertiary/aromatic N) is 8. The summed E-state index contributed by atoms with van der Waals surface area (Å²) in [6, 6.07) is 5.29. The van der Waals surface area contributed by atoms with Gasteiger partial charge in [-0.15, -0.1) is 0 Å². The molecule has 0 aliphatic rings. The lowest BCUT2D eigenvalue weighted by atomic mass is 10.2. The molecule has 0 unspecified atom stereocenters. The average molecular weight is 387 g/mol. The molecule has 5 aromatic heterocycles. The molecule has 1 N–H and O–H groups in total. The van der Waals surface area contributed by atoms with Crippen molar-refractivity contribution in [2.45, 2.75) is 13.8 Å². The maximum absolute atomic E-state index is 12.0. The summed E-state index contributed by atoms with van der Waals surface area (Å²) in [6.45, 7) is 3.86.